The number of ether oxygens (including phenoxy) is 4. The maximum atomic E-state index is 13.6. The number of alkyl carbamates (subject to hydrolysis) is 2. The quantitative estimate of drug-likeness (QED) is 0.0249. The lowest BCUT2D eigenvalue weighted by atomic mass is 10.1. The Morgan fingerprint density at radius 1 is 0.680 bits per heavy atom. The minimum Gasteiger partial charge on any atom is -0.482 e. The van der Waals surface area contributed by atoms with Gasteiger partial charge in [-0.05, 0) is 161 Å². The average molecular weight is 1040 g/mol. The molecule has 0 bridgehead atoms. The number of guanidine groups is 1. The molecule has 0 aromatic heterocycles. The first-order valence-corrected chi connectivity index (χ1v) is 25.3. The van der Waals surface area contributed by atoms with Crippen LogP contribution in [0.15, 0.2) is 71.7 Å². The lowest BCUT2D eigenvalue weighted by molar-refractivity contribution is -0.123. The predicted octanol–water partition coefficient (Wildman–Crippen LogP) is 7.56. The van der Waals surface area contributed by atoms with Gasteiger partial charge in [0.15, 0.2) is 6.61 Å². The summed E-state index contributed by atoms with van der Waals surface area (Å²) >= 11 is 0. The van der Waals surface area contributed by atoms with E-state index in [0.29, 0.717) is 72.7 Å². The lowest BCUT2D eigenvalue weighted by Gasteiger charge is -2.24. The molecule has 5 rings (SSSR count). The number of nitrogens with zero attached hydrogens (tertiary/aromatic N) is 2. The van der Waals surface area contributed by atoms with Crippen molar-refractivity contribution in [2.24, 2.45) is 4.99 Å². The number of hydrogen-bond donors (Lipinski definition) is 7. The summed E-state index contributed by atoms with van der Waals surface area (Å²) in [6.45, 7) is 16.4. The molecule has 0 radical (unpaired) electrons. The fourth-order valence-corrected chi connectivity index (χ4v) is 7.35. The van der Waals surface area contributed by atoms with Crippen LogP contribution in [0.2, 0.25) is 0 Å². The molecular weight excluding hydrogens is 967 g/mol. The maximum Gasteiger partial charge on any atom is 0.437 e. The minimum atomic E-state index is -0.960. The third kappa shape index (κ3) is 21.0. The van der Waals surface area contributed by atoms with Crippen LogP contribution in [0, 0.1) is 0 Å². The Balaban J connectivity index is 1.00. The van der Waals surface area contributed by atoms with Crippen molar-refractivity contribution >= 4 is 65.1 Å². The SMILES string of the molecule is CC(C)(C)OC(=O)/N=C(\NCCC[C@H](NC(=O)OC(C)(C)C)C(=O)NCCCCCCNC(=O)c1ccc(NC(=O)c2ccc(CN(C(=O)c3ccc4c(c3)OCC(=O)N4)C3CC3)cc2)cc1)NC(=O)OC(C)(C)C. The van der Waals surface area contributed by atoms with Crippen molar-refractivity contribution in [3.8, 4) is 5.75 Å². The zero-order chi connectivity index (χ0) is 54.9. The van der Waals surface area contributed by atoms with E-state index >= 15 is 0 Å². The molecule has 75 heavy (non-hydrogen) atoms. The molecule has 21 nitrogen and oxygen atoms in total. The average Bonchev–Trinajstić information content (AvgIpc) is 4.16. The van der Waals surface area contributed by atoms with Crippen molar-refractivity contribution in [3.63, 3.8) is 0 Å². The number of benzene rings is 3. The van der Waals surface area contributed by atoms with E-state index in [0.717, 1.165) is 31.2 Å². The van der Waals surface area contributed by atoms with Crippen LogP contribution in [0.4, 0.5) is 25.8 Å². The van der Waals surface area contributed by atoms with Crippen LogP contribution < -0.4 is 42.0 Å². The highest BCUT2D eigenvalue weighted by Gasteiger charge is 2.34. The Labute approximate surface area is 438 Å². The van der Waals surface area contributed by atoms with Gasteiger partial charge in [0.05, 0.1) is 5.69 Å². The largest absolute Gasteiger partial charge is 0.482 e. The second-order valence-corrected chi connectivity index (χ2v) is 21.2. The van der Waals surface area contributed by atoms with Crippen LogP contribution in [-0.4, -0.2) is 114 Å². The van der Waals surface area contributed by atoms with Crippen molar-refractivity contribution in [1.29, 1.82) is 0 Å². The number of carbonyl (C=O) groups is 8. The molecule has 7 N–H and O–H groups in total. The third-order valence-corrected chi connectivity index (χ3v) is 11.0. The topological polar surface area (TPSA) is 273 Å². The molecule has 1 saturated carbocycles. The molecule has 21 heteroatoms. The van der Waals surface area contributed by atoms with Gasteiger partial charge in [-0.2, -0.15) is 0 Å². The van der Waals surface area contributed by atoms with Crippen molar-refractivity contribution in [3.05, 3.63) is 89.0 Å². The summed E-state index contributed by atoms with van der Waals surface area (Å²) in [4.78, 5) is 108. The van der Waals surface area contributed by atoms with Gasteiger partial charge in [-0.1, -0.05) is 25.0 Å². The van der Waals surface area contributed by atoms with E-state index in [-0.39, 0.29) is 55.2 Å². The van der Waals surface area contributed by atoms with E-state index in [4.69, 9.17) is 18.9 Å². The van der Waals surface area contributed by atoms with E-state index < -0.39 is 47.0 Å². The smallest absolute Gasteiger partial charge is 0.437 e. The number of fused-ring (bicyclic) bond motifs is 1. The monoisotopic (exact) mass is 1040 g/mol. The Hall–Kier alpha value is -7.71. The summed E-state index contributed by atoms with van der Waals surface area (Å²) in [6.07, 6.45) is 2.63. The van der Waals surface area contributed by atoms with Crippen LogP contribution in [0.3, 0.4) is 0 Å². The summed E-state index contributed by atoms with van der Waals surface area (Å²) in [5.74, 6) is -1.13. The molecule has 3 aromatic rings. The number of carbonyl (C=O) groups excluding carboxylic acids is 8. The Morgan fingerprint density at radius 3 is 1.88 bits per heavy atom. The predicted molar refractivity (Wildman–Crippen MR) is 282 cm³/mol. The highest BCUT2D eigenvalue weighted by molar-refractivity contribution is 6.05. The van der Waals surface area contributed by atoms with Gasteiger partial charge in [-0.3, -0.25) is 29.3 Å². The van der Waals surface area contributed by atoms with E-state index in [2.05, 4.69) is 42.2 Å². The first kappa shape index (κ1) is 58.2. The van der Waals surface area contributed by atoms with E-state index in [1.165, 1.54) is 0 Å². The molecule has 0 unspecified atom stereocenters. The summed E-state index contributed by atoms with van der Waals surface area (Å²) in [6, 6.07) is 17.8. The molecule has 1 aliphatic carbocycles. The van der Waals surface area contributed by atoms with Crippen molar-refractivity contribution < 1.29 is 57.3 Å². The molecule has 1 aliphatic heterocycles. The first-order chi connectivity index (χ1) is 35.3. The van der Waals surface area contributed by atoms with Gasteiger partial charge in [0.2, 0.25) is 11.9 Å². The second-order valence-electron chi connectivity index (χ2n) is 21.2. The molecule has 1 fully saturated rings. The normalized spacial score (nSPS) is 13.8. The molecule has 2 aliphatic rings. The number of rotatable bonds is 20. The molecule has 8 amide bonds. The molecular formula is C54H73N9O12. The van der Waals surface area contributed by atoms with Crippen molar-refractivity contribution in [2.45, 2.75) is 149 Å². The molecule has 406 valence electrons. The number of amides is 8. The van der Waals surface area contributed by atoms with Gasteiger partial charge >= 0.3 is 18.3 Å². The maximum absolute atomic E-state index is 13.6. The number of anilines is 2. The minimum absolute atomic E-state index is 0.104. The zero-order valence-electron chi connectivity index (χ0n) is 44.5. The van der Waals surface area contributed by atoms with E-state index in [1.807, 2.05) is 17.0 Å². The number of unbranched alkanes of at least 4 members (excludes halogenated alkanes) is 3. The fourth-order valence-electron chi connectivity index (χ4n) is 7.35. The van der Waals surface area contributed by atoms with Gasteiger partial charge in [0.25, 0.3) is 23.6 Å². The first-order valence-electron chi connectivity index (χ1n) is 25.3. The summed E-state index contributed by atoms with van der Waals surface area (Å²) < 4.78 is 21.4. The zero-order valence-corrected chi connectivity index (χ0v) is 44.5. The Morgan fingerprint density at radius 2 is 1.25 bits per heavy atom. The molecule has 1 atom stereocenters. The van der Waals surface area contributed by atoms with Gasteiger partial charge in [-0.25, -0.2) is 14.4 Å². The van der Waals surface area contributed by atoms with Gasteiger partial charge in [0, 0.05) is 54.6 Å². The number of hydrogen-bond acceptors (Lipinski definition) is 12. The summed E-state index contributed by atoms with van der Waals surface area (Å²) in [7, 11) is 0. The third-order valence-electron chi connectivity index (χ3n) is 11.0. The van der Waals surface area contributed by atoms with Crippen LogP contribution in [-0.2, 0) is 30.3 Å². The molecule has 3 aromatic carbocycles. The van der Waals surface area contributed by atoms with Crippen LogP contribution in [0.1, 0.15) is 150 Å². The van der Waals surface area contributed by atoms with E-state index in [1.54, 1.807) is 117 Å². The van der Waals surface area contributed by atoms with Crippen LogP contribution >= 0.6 is 0 Å². The Kier molecular flexibility index (Phi) is 20.5. The van der Waals surface area contributed by atoms with Gasteiger partial charge in [0.1, 0.15) is 28.6 Å². The van der Waals surface area contributed by atoms with Gasteiger partial charge in [-0.15, -0.1) is 4.99 Å². The van der Waals surface area contributed by atoms with Crippen molar-refractivity contribution in [2.75, 3.05) is 36.9 Å². The number of nitrogens with one attached hydrogen (secondary N) is 7. The fraction of sp³-hybridized carbons (Fsp3) is 0.500. The summed E-state index contributed by atoms with van der Waals surface area (Å²) in [5, 5.41) is 19.3. The van der Waals surface area contributed by atoms with Gasteiger partial charge < -0.3 is 55.7 Å². The van der Waals surface area contributed by atoms with Crippen LogP contribution in [0.5, 0.6) is 5.75 Å². The second kappa shape index (κ2) is 26.5. The van der Waals surface area contributed by atoms with Crippen LogP contribution in [0.25, 0.3) is 0 Å². The highest BCUT2D eigenvalue weighted by Crippen LogP contribution is 2.33. The lowest BCUT2D eigenvalue weighted by Crippen LogP contribution is -2.49. The highest BCUT2D eigenvalue weighted by atomic mass is 16.6. The molecule has 0 saturated heterocycles. The summed E-state index contributed by atoms with van der Waals surface area (Å²) in [5.41, 5.74) is 0.794. The van der Waals surface area contributed by atoms with E-state index in [9.17, 15) is 38.4 Å². The molecule has 0 spiro atoms. The molecule has 1 heterocycles. The Bertz CT molecular complexity index is 2540. The standard InChI is InChI=1S/C54H73N9O12/c1-52(2,3)73-49(69)60-41(15-14-30-57-48(61-50(70)74-53(4,5)6)62-51(71)75-54(7,8)9)46(67)56-29-13-11-10-12-28-55-44(65)35-20-23-38(24-21-35)58-45(66)36-18-16-34(17-19-36)32-63(39-25-26-39)47(68)37-22-27-40-42(31-37)72-33-43(64)59-40/h16-24,27,31,39,41H,10-15,25-26,28-30,32-33H2,1-9H3,(H,55,65)(H,56,67)(H,58,66)(H,59,64)(H,60,69)(H2,57,61,62,70,71)/t41-/m0/s1. The van der Waals surface area contributed by atoms with Crippen molar-refractivity contribution in [1.82, 2.24) is 31.5 Å². The number of aliphatic imine (C=N–C) groups is 1.